The van der Waals surface area contributed by atoms with Crippen LogP contribution in [0.3, 0.4) is 0 Å². The highest BCUT2D eigenvalue weighted by atomic mass is 79.9. The van der Waals surface area contributed by atoms with Gasteiger partial charge in [-0.1, -0.05) is 35.6 Å². The highest BCUT2D eigenvalue weighted by molar-refractivity contribution is 9.10. The summed E-state index contributed by atoms with van der Waals surface area (Å²) in [5, 5.41) is 15.4. The van der Waals surface area contributed by atoms with Gasteiger partial charge in [-0.15, -0.1) is 0 Å². The number of rotatable bonds is 9. The molecule has 0 saturated heterocycles. The first-order valence-electron chi connectivity index (χ1n) is 8.11. The van der Waals surface area contributed by atoms with Gasteiger partial charge in [0, 0.05) is 24.7 Å². The second-order valence-corrected chi connectivity index (χ2v) is 13.5. The van der Waals surface area contributed by atoms with E-state index in [4.69, 9.17) is 4.74 Å². The average Bonchev–Trinajstić information content (AvgIpc) is 2.94. The fourth-order valence-corrected chi connectivity index (χ4v) is 3.40. The lowest BCUT2D eigenvalue weighted by Gasteiger charge is -2.16. The molecule has 0 N–H and O–H groups in total. The minimum Gasteiger partial charge on any atom is -0.434 e. The van der Waals surface area contributed by atoms with Gasteiger partial charge < -0.3 is 9.47 Å². The Balaban J connectivity index is 2.37. The fraction of sp³-hybridized carbons (Fsp3) is 0.438. The second kappa shape index (κ2) is 8.89. The van der Waals surface area contributed by atoms with Crippen LogP contribution in [0.15, 0.2) is 28.9 Å². The van der Waals surface area contributed by atoms with Gasteiger partial charge in [0.05, 0.1) is 4.92 Å². The molecule has 0 aliphatic heterocycles. The molecule has 0 aliphatic carbocycles. The van der Waals surface area contributed by atoms with Crippen LogP contribution in [0.4, 0.5) is 14.5 Å². The molecule has 0 amide bonds. The third kappa shape index (κ3) is 6.08. The number of benzene rings is 1. The number of ether oxygens (including phenoxy) is 2. The molecule has 0 atom stereocenters. The molecule has 0 aliphatic rings. The Labute approximate surface area is 164 Å². The van der Waals surface area contributed by atoms with Crippen LogP contribution in [0.1, 0.15) is 0 Å². The normalized spacial score (nSPS) is 11.8. The number of aromatic nitrogens is 2. The van der Waals surface area contributed by atoms with E-state index in [1.807, 2.05) is 0 Å². The molecule has 11 heteroatoms. The molecule has 0 saturated carbocycles. The van der Waals surface area contributed by atoms with Crippen molar-refractivity contribution in [3.05, 3.63) is 39.0 Å². The van der Waals surface area contributed by atoms with Crippen molar-refractivity contribution in [2.45, 2.75) is 39.0 Å². The molecule has 2 rings (SSSR count). The standard InChI is InChI=1S/C16H20BrF2N3O4Si/c1-27(2,3)7-6-25-10-21-15(13(9-20-21)22(23)24)12-5-4-11(17)8-14(12)26-16(18)19/h4-5,8-9,16H,6-7,10H2,1-3H3. The Kier molecular flexibility index (Phi) is 7.06. The quantitative estimate of drug-likeness (QED) is 0.222. The molecule has 1 heterocycles. The zero-order chi connectivity index (χ0) is 20.2. The van der Waals surface area contributed by atoms with E-state index in [9.17, 15) is 18.9 Å². The highest BCUT2D eigenvalue weighted by Crippen LogP contribution is 2.38. The average molecular weight is 464 g/mol. The van der Waals surface area contributed by atoms with Crippen molar-refractivity contribution < 1.29 is 23.2 Å². The summed E-state index contributed by atoms with van der Waals surface area (Å²) in [6, 6.07) is 5.30. The predicted molar refractivity (Wildman–Crippen MR) is 103 cm³/mol. The summed E-state index contributed by atoms with van der Waals surface area (Å²) >= 11 is 3.18. The summed E-state index contributed by atoms with van der Waals surface area (Å²) in [7, 11) is -1.29. The first kappa shape index (κ1) is 21.4. The summed E-state index contributed by atoms with van der Waals surface area (Å²) in [6.45, 7) is 4.01. The SMILES string of the molecule is C[Si](C)(C)CCOCn1ncc([N+](=O)[O-])c1-c1ccc(Br)cc1OC(F)F. The number of alkyl halides is 2. The zero-order valence-corrected chi connectivity index (χ0v) is 17.7. The van der Waals surface area contributed by atoms with Crippen LogP contribution in [-0.4, -0.2) is 36.0 Å². The Hall–Kier alpha value is -1.85. The van der Waals surface area contributed by atoms with E-state index in [0.29, 0.717) is 11.1 Å². The van der Waals surface area contributed by atoms with Crippen molar-refractivity contribution in [1.82, 2.24) is 9.78 Å². The van der Waals surface area contributed by atoms with Gasteiger partial charge in [0.25, 0.3) is 0 Å². The van der Waals surface area contributed by atoms with E-state index in [-0.39, 0.29) is 29.4 Å². The molecule has 0 spiro atoms. The first-order chi connectivity index (χ1) is 12.6. The van der Waals surface area contributed by atoms with Gasteiger partial charge >= 0.3 is 12.3 Å². The van der Waals surface area contributed by atoms with Gasteiger partial charge in [0.15, 0.2) is 5.69 Å². The molecule has 1 aromatic carbocycles. The van der Waals surface area contributed by atoms with Crippen LogP contribution >= 0.6 is 15.9 Å². The number of halogens is 3. The van der Waals surface area contributed by atoms with E-state index in [0.717, 1.165) is 12.2 Å². The largest absolute Gasteiger partial charge is 0.434 e. The number of hydrogen-bond donors (Lipinski definition) is 0. The predicted octanol–water partition coefficient (Wildman–Crippen LogP) is 5.13. The van der Waals surface area contributed by atoms with Gasteiger partial charge in [-0.2, -0.15) is 13.9 Å². The Bertz CT molecular complexity index is 811. The minimum atomic E-state index is -3.07. The molecule has 7 nitrogen and oxygen atoms in total. The van der Waals surface area contributed by atoms with E-state index in [1.54, 1.807) is 6.07 Å². The zero-order valence-electron chi connectivity index (χ0n) is 15.1. The Morgan fingerprint density at radius 1 is 1.37 bits per heavy atom. The van der Waals surface area contributed by atoms with E-state index in [1.165, 1.54) is 16.8 Å². The fourth-order valence-electron chi connectivity index (χ4n) is 2.30. The summed E-state index contributed by atoms with van der Waals surface area (Å²) in [5.74, 6) is -0.189. The molecular weight excluding hydrogens is 444 g/mol. The smallest absolute Gasteiger partial charge is 0.387 e. The third-order valence-corrected chi connectivity index (χ3v) is 5.84. The van der Waals surface area contributed by atoms with Crippen molar-refractivity contribution in [2.24, 2.45) is 0 Å². The van der Waals surface area contributed by atoms with Crippen LogP contribution in [0.5, 0.6) is 5.75 Å². The maximum Gasteiger partial charge on any atom is 0.387 e. The van der Waals surface area contributed by atoms with Crippen LogP contribution in [0.25, 0.3) is 11.3 Å². The monoisotopic (exact) mass is 463 g/mol. The van der Waals surface area contributed by atoms with Gasteiger partial charge in [0.1, 0.15) is 18.7 Å². The van der Waals surface area contributed by atoms with Crippen molar-refractivity contribution >= 4 is 29.7 Å². The van der Waals surface area contributed by atoms with Gasteiger partial charge in [-0.3, -0.25) is 10.1 Å². The van der Waals surface area contributed by atoms with Gasteiger partial charge in [0.2, 0.25) is 0 Å². The Morgan fingerprint density at radius 3 is 2.67 bits per heavy atom. The summed E-state index contributed by atoms with van der Waals surface area (Å²) in [6.07, 6.45) is 1.07. The number of nitrogens with zero attached hydrogens (tertiary/aromatic N) is 3. The molecule has 0 bridgehead atoms. The molecule has 0 unspecified atom stereocenters. The van der Waals surface area contributed by atoms with Crippen LogP contribution in [0, 0.1) is 10.1 Å². The van der Waals surface area contributed by atoms with Crippen LogP contribution in [-0.2, 0) is 11.5 Å². The van der Waals surface area contributed by atoms with Crippen LogP contribution in [0.2, 0.25) is 25.7 Å². The lowest BCUT2D eigenvalue weighted by molar-refractivity contribution is -0.384. The van der Waals surface area contributed by atoms with E-state index >= 15 is 0 Å². The molecule has 1 aromatic heterocycles. The maximum atomic E-state index is 12.8. The lowest BCUT2D eigenvalue weighted by atomic mass is 10.1. The molecular formula is C16H20BrF2N3O4Si. The number of hydrogen-bond acceptors (Lipinski definition) is 5. The lowest BCUT2D eigenvalue weighted by Crippen LogP contribution is -2.22. The minimum absolute atomic E-state index is 0.0299. The van der Waals surface area contributed by atoms with E-state index < -0.39 is 19.6 Å². The molecule has 0 radical (unpaired) electrons. The van der Waals surface area contributed by atoms with Gasteiger partial charge in [-0.25, -0.2) is 4.68 Å². The molecule has 2 aromatic rings. The van der Waals surface area contributed by atoms with Crippen molar-refractivity contribution in [3.63, 3.8) is 0 Å². The van der Waals surface area contributed by atoms with Crippen molar-refractivity contribution in [2.75, 3.05) is 6.61 Å². The Morgan fingerprint density at radius 2 is 2.07 bits per heavy atom. The third-order valence-electron chi connectivity index (χ3n) is 3.64. The van der Waals surface area contributed by atoms with Crippen LogP contribution < -0.4 is 4.74 Å². The first-order valence-corrected chi connectivity index (χ1v) is 12.6. The van der Waals surface area contributed by atoms with Crippen molar-refractivity contribution in [1.29, 1.82) is 0 Å². The molecule has 148 valence electrons. The van der Waals surface area contributed by atoms with Crippen molar-refractivity contribution in [3.8, 4) is 17.0 Å². The molecule has 0 fully saturated rings. The van der Waals surface area contributed by atoms with Gasteiger partial charge in [-0.05, 0) is 24.2 Å². The number of nitro groups is 1. The molecule has 27 heavy (non-hydrogen) atoms. The summed E-state index contributed by atoms with van der Waals surface area (Å²) < 4.78 is 37.5. The maximum absolute atomic E-state index is 12.8. The summed E-state index contributed by atoms with van der Waals surface area (Å²) in [4.78, 5) is 10.8. The topological polar surface area (TPSA) is 79.4 Å². The highest BCUT2D eigenvalue weighted by Gasteiger charge is 2.26. The second-order valence-electron chi connectivity index (χ2n) is 7.00. The van der Waals surface area contributed by atoms with E-state index in [2.05, 4.69) is 45.4 Å². The summed E-state index contributed by atoms with van der Waals surface area (Å²) in [5.41, 5.74) is -0.127.